The van der Waals surface area contributed by atoms with Gasteiger partial charge in [-0.15, -0.1) is 0 Å². The third-order valence-corrected chi connectivity index (χ3v) is 4.84. The minimum Gasteiger partial charge on any atom is -0.483 e. The maximum absolute atomic E-state index is 12.8. The monoisotopic (exact) mass is 390 g/mol. The summed E-state index contributed by atoms with van der Waals surface area (Å²) in [6.45, 7) is 2.00. The fourth-order valence-electron chi connectivity index (χ4n) is 3.37. The largest absolute Gasteiger partial charge is 0.483 e. The van der Waals surface area contributed by atoms with Crippen LogP contribution < -0.4 is 10.1 Å². The summed E-state index contributed by atoms with van der Waals surface area (Å²) in [5.74, 6) is 0.218. The van der Waals surface area contributed by atoms with E-state index in [-0.39, 0.29) is 18.4 Å². The lowest BCUT2D eigenvalue weighted by molar-refractivity contribution is -0.118. The van der Waals surface area contributed by atoms with E-state index >= 15 is 0 Å². The SMILES string of the molecule is O=C(COc1cccc2ccccc12)Nc1ccccc1C(=O)N1CCOCC1. The number of amides is 2. The van der Waals surface area contributed by atoms with Gasteiger partial charge in [0.2, 0.25) is 0 Å². The average molecular weight is 390 g/mol. The van der Waals surface area contributed by atoms with Crippen LogP contribution in [0.5, 0.6) is 5.75 Å². The van der Waals surface area contributed by atoms with E-state index < -0.39 is 0 Å². The molecule has 0 atom stereocenters. The normalized spacial score (nSPS) is 13.9. The molecule has 1 N–H and O–H groups in total. The molecule has 1 aliphatic rings. The molecule has 3 aromatic carbocycles. The number of ether oxygens (including phenoxy) is 2. The van der Waals surface area contributed by atoms with E-state index in [0.29, 0.717) is 43.3 Å². The Morgan fingerprint density at radius 2 is 1.66 bits per heavy atom. The second-order valence-electron chi connectivity index (χ2n) is 6.76. The first-order chi connectivity index (χ1) is 14.2. The fourth-order valence-corrected chi connectivity index (χ4v) is 3.37. The molecule has 0 spiro atoms. The fraction of sp³-hybridized carbons (Fsp3) is 0.217. The van der Waals surface area contributed by atoms with Crippen LogP contribution in [0, 0.1) is 0 Å². The van der Waals surface area contributed by atoms with Gasteiger partial charge < -0.3 is 19.7 Å². The summed E-state index contributed by atoms with van der Waals surface area (Å²) in [6.07, 6.45) is 0. The number of fused-ring (bicyclic) bond motifs is 1. The highest BCUT2D eigenvalue weighted by Crippen LogP contribution is 2.25. The van der Waals surface area contributed by atoms with E-state index in [1.54, 1.807) is 29.2 Å². The highest BCUT2D eigenvalue weighted by atomic mass is 16.5. The third kappa shape index (κ3) is 4.38. The van der Waals surface area contributed by atoms with Crippen molar-refractivity contribution in [2.45, 2.75) is 0 Å². The minimum atomic E-state index is -0.319. The van der Waals surface area contributed by atoms with Crippen LogP contribution in [0.25, 0.3) is 10.8 Å². The molecule has 0 aliphatic carbocycles. The smallest absolute Gasteiger partial charge is 0.262 e. The predicted octanol–water partition coefficient (Wildman–Crippen LogP) is 3.33. The highest BCUT2D eigenvalue weighted by Gasteiger charge is 2.21. The Morgan fingerprint density at radius 3 is 2.52 bits per heavy atom. The number of benzene rings is 3. The molecule has 6 nitrogen and oxygen atoms in total. The molecule has 3 aromatic rings. The minimum absolute atomic E-state index is 0.112. The number of nitrogens with zero attached hydrogens (tertiary/aromatic N) is 1. The quantitative estimate of drug-likeness (QED) is 0.726. The van der Waals surface area contributed by atoms with Crippen LogP contribution in [0.15, 0.2) is 66.7 Å². The molecule has 2 amide bonds. The summed E-state index contributed by atoms with van der Waals surface area (Å²) >= 11 is 0. The van der Waals surface area contributed by atoms with Gasteiger partial charge in [-0.05, 0) is 23.6 Å². The van der Waals surface area contributed by atoms with Gasteiger partial charge in [0.25, 0.3) is 11.8 Å². The number of hydrogen-bond acceptors (Lipinski definition) is 4. The molecule has 1 aliphatic heterocycles. The predicted molar refractivity (Wildman–Crippen MR) is 111 cm³/mol. The van der Waals surface area contributed by atoms with Gasteiger partial charge in [0.05, 0.1) is 24.5 Å². The first-order valence-corrected chi connectivity index (χ1v) is 9.59. The van der Waals surface area contributed by atoms with Gasteiger partial charge in [0.15, 0.2) is 6.61 Å². The summed E-state index contributed by atoms with van der Waals surface area (Å²) in [5, 5.41) is 4.80. The molecular formula is C23H22N2O4. The van der Waals surface area contributed by atoms with E-state index in [1.807, 2.05) is 42.5 Å². The molecule has 1 heterocycles. The Kier molecular flexibility index (Phi) is 5.72. The van der Waals surface area contributed by atoms with Crippen molar-refractivity contribution >= 4 is 28.3 Å². The molecule has 6 heteroatoms. The topological polar surface area (TPSA) is 67.9 Å². The van der Waals surface area contributed by atoms with Crippen LogP contribution in [0.3, 0.4) is 0 Å². The van der Waals surface area contributed by atoms with Gasteiger partial charge in [-0.2, -0.15) is 0 Å². The zero-order chi connectivity index (χ0) is 20.1. The van der Waals surface area contributed by atoms with Gasteiger partial charge in [-0.25, -0.2) is 0 Å². The van der Waals surface area contributed by atoms with Crippen LogP contribution >= 0.6 is 0 Å². The number of nitrogens with one attached hydrogen (secondary N) is 1. The second kappa shape index (κ2) is 8.75. The number of carbonyl (C=O) groups excluding carboxylic acids is 2. The Hall–Kier alpha value is -3.38. The molecule has 148 valence electrons. The lowest BCUT2D eigenvalue weighted by Crippen LogP contribution is -2.41. The van der Waals surface area contributed by atoms with Gasteiger partial charge >= 0.3 is 0 Å². The van der Waals surface area contributed by atoms with Gasteiger partial charge in [0.1, 0.15) is 5.75 Å². The number of rotatable bonds is 5. The van der Waals surface area contributed by atoms with Gasteiger partial charge in [-0.1, -0.05) is 48.5 Å². The summed E-state index contributed by atoms with van der Waals surface area (Å²) in [4.78, 5) is 27.0. The van der Waals surface area contributed by atoms with Gasteiger partial charge in [0, 0.05) is 18.5 Å². The van der Waals surface area contributed by atoms with Crippen LogP contribution in [-0.4, -0.2) is 49.6 Å². The molecule has 0 aromatic heterocycles. The summed E-state index contributed by atoms with van der Waals surface area (Å²) in [5.41, 5.74) is 0.948. The van der Waals surface area contributed by atoms with Crippen molar-refractivity contribution in [1.82, 2.24) is 4.90 Å². The van der Waals surface area contributed by atoms with Gasteiger partial charge in [-0.3, -0.25) is 9.59 Å². The standard InChI is InChI=1S/C23H22N2O4/c26-22(16-29-21-11-5-7-17-6-1-2-8-18(17)21)24-20-10-4-3-9-19(20)23(27)25-12-14-28-15-13-25/h1-11H,12-16H2,(H,24,26). The zero-order valence-electron chi connectivity index (χ0n) is 16.0. The number of hydrogen-bond donors (Lipinski definition) is 1. The first kappa shape index (κ1) is 19.0. The molecule has 4 rings (SSSR count). The summed E-state index contributed by atoms with van der Waals surface area (Å²) in [6, 6.07) is 20.6. The van der Waals surface area contributed by atoms with Crippen molar-refractivity contribution in [3.05, 3.63) is 72.3 Å². The Morgan fingerprint density at radius 1 is 0.931 bits per heavy atom. The highest BCUT2D eigenvalue weighted by molar-refractivity contribution is 6.04. The first-order valence-electron chi connectivity index (χ1n) is 9.59. The number of morpholine rings is 1. The molecule has 0 saturated carbocycles. The van der Waals surface area contributed by atoms with Crippen molar-refractivity contribution in [3.8, 4) is 5.75 Å². The maximum atomic E-state index is 12.8. The Labute approximate surface area is 169 Å². The van der Waals surface area contributed by atoms with Crippen LogP contribution in [0.2, 0.25) is 0 Å². The van der Waals surface area contributed by atoms with Crippen LogP contribution in [-0.2, 0) is 9.53 Å². The molecular weight excluding hydrogens is 368 g/mol. The number of para-hydroxylation sites is 1. The van der Waals surface area contributed by atoms with E-state index in [1.165, 1.54) is 0 Å². The molecule has 0 bridgehead atoms. The van der Waals surface area contributed by atoms with Crippen LogP contribution in [0.4, 0.5) is 5.69 Å². The maximum Gasteiger partial charge on any atom is 0.262 e. The van der Waals surface area contributed by atoms with E-state index in [2.05, 4.69) is 5.32 Å². The Bertz CT molecular complexity index is 1020. The molecule has 1 saturated heterocycles. The number of carbonyl (C=O) groups is 2. The van der Waals surface area contributed by atoms with Crippen molar-refractivity contribution in [1.29, 1.82) is 0 Å². The second-order valence-corrected chi connectivity index (χ2v) is 6.76. The molecule has 0 unspecified atom stereocenters. The van der Waals surface area contributed by atoms with Crippen molar-refractivity contribution in [2.24, 2.45) is 0 Å². The van der Waals surface area contributed by atoms with Crippen molar-refractivity contribution in [3.63, 3.8) is 0 Å². The third-order valence-electron chi connectivity index (χ3n) is 4.84. The Balaban J connectivity index is 1.44. The van der Waals surface area contributed by atoms with Crippen molar-refractivity contribution < 1.29 is 19.1 Å². The average Bonchev–Trinajstić information content (AvgIpc) is 2.78. The summed E-state index contributed by atoms with van der Waals surface area (Å²) in [7, 11) is 0. The summed E-state index contributed by atoms with van der Waals surface area (Å²) < 4.78 is 11.1. The van der Waals surface area contributed by atoms with Crippen molar-refractivity contribution in [2.75, 3.05) is 38.2 Å². The van der Waals surface area contributed by atoms with Crippen LogP contribution in [0.1, 0.15) is 10.4 Å². The molecule has 0 radical (unpaired) electrons. The molecule has 1 fully saturated rings. The zero-order valence-corrected chi connectivity index (χ0v) is 16.0. The number of anilines is 1. The van der Waals surface area contributed by atoms with E-state index in [9.17, 15) is 9.59 Å². The lowest BCUT2D eigenvalue weighted by atomic mass is 10.1. The molecule has 29 heavy (non-hydrogen) atoms. The lowest BCUT2D eigenvalue weighted by Gasteiger charge is -2.27. The van der Waals surface area contributed by atoms with E-state index in [4.69, 9.17) is 9.47 Å². The van der Waals surface area contributed by atoms with E-state index in [0.717, 1.165) is 10.8 Å².